The minimum atomic E-state index is -0.617. The van der Waals surface area contributed by atoms with Crippen LogP contribution in [0.25, 0.3) is 0 Å². The van der Waals surface area contributed by atoms with Crippen LogP contribution < -0.4 is 11.1 Å². The van der Waals surface area contributed by atoms with E-state index in [-0.39, 0.29) is 28.6 Å². The van der Waals surface area contributed by atoms with Gasteiger partial charge in [-0.1, -0.05) is 29.8 Å². The molecule has 3 nitrogen and oxygen atoms in total. The third-order valence-corrected chi connectivity index (χ3v) is 2.95. The monoisotopic (exact) mass is 254 g/mol. The summed E-state index contributed by atoms with van der Waals surface area (Å²) in [5, 5.41) is 2.50. The van der Waals surface area contributed by atoms with Crippen molar-refractivity contribution in [1.29, 1.82) is 0 Å². The quantitative estimate of drug-likeness (QED) is 0.796. The van der Waals surface area contributed by atoms with Crippen LogP contribution >= 0.6 is 11.6 Å². The summed E-state index contributed by atoms with van der Waals surface area (Å²) in [7, 11) is 0. The number of amides is 1. The second-order valence-electron chi connectivity index (χ2n) is 3.98. The first kappa shape index (κ1) is 12.1. The molecule has 90 valence electrons. The molecule has 1 aliphatic carbocycles. The maximum absolute atomic E-state index is 13.5. The van der Waals surface area contributed by atoms with E-state index >= 15 is 0 Å². The van der Waals surface area contributed by atoms with Crippen molar-refractivity contribution in [2.24, 2.45) is 11.7 Å². The van der Waals surface area contributed by atoms with Crippen LogP contribution in [0.2, 0.25) is 5.02 Å². The van der Waals surface area contributed by atoms with E-state index in [1.165, 1.54) is 12.1 Å². The fraction of sp³-hybridized carbons (Fsp3) is 0.250. The van der Waals surface area contributed by atoms with Gasteiger partial charge in [0.1, 0.15) is 0 Å². The molecule has 2 unspecified atom stereocenters. The van der Waals surface area contributed by atoms with Crippen molar-refractivity contribution in [3.63, 3.8) is 0 Å². The molecule has 0 saturated heterocycles. The lowest BCUT2D eigenvalue weighted by Crippen LogP contribution is -2.24. The van der Waals surface area contributed by atoms with Crippen molar-refractivity contribution in [3.8, 4) is 0 Å². The van der Waals surface area contributed by atoms with E-state index in [1.54, 1.807) is 18.2 Å². The van der Waals surface area contributed by atoms with Crippen LogP contribution in [0, 0.1) is 11.7 Å². The van der Waals surface area contributed by atoms with Crippen LogP contribution in [0.4, 0.5) is 10.1 Å². The molecule has 1 aliphatic rings. The molecule has 5 heteroatoms. The Morgan fingerprint density at radius 3 is 2.88 bits per heavy atom. The fourth-order valence-electron chi connectivity index (χ4n) is 1.75. The lowest BCUT2D eigenvalue weighted by molar-refractivity contribution is -0.118. The number of rotatable bonds is 2. The summed E-state index contributed by atoms with van der Waals surface area (Å²) in [6.07, 6.45) is 4.06. The first-order valence-corrected chi connectivity index (χ1v) is 5.64. The molecule has 1 aromatic rings. The van der Waals surface area contributed by atoms with Crippen molar-refractivity contribution < 1.29 is 9.18 Å². The Balaban J connectivity index is 2.09. The molecule has 0 bridgehead atoms. The highest BCUT2D eigenvalue weighted by Gasteiger charge is 2.23. The number of benzene rings is 1. The lowest BCUT2D eigenvalue weighted by Gasteiger charge is -2.11. The Morgan fingerprint density at radius 2 is 2.24 bits per heavy atom. The first-order chi connectivity index (χ1) is 8.08. The van der Waals surface area contributed by atoms with Crippen molar-refractivity contribution in [3.05, 3.63) is 41.2 Å². The second-order valence-corrected chi connectivity index (χ2v) is 4.39. The largest absolute Gasteiger partial charge is 0.324 e. The lowest BCUT2D eigenvalue weighted by atomic mass is 10.1. The third kappa shape index (κ3) is 2.65. The molecule has 1 aromatic carbocycles. The standard InChI is InChI=1S/C12H12ClFN2O/c13-9-2-1-3-10(11(9)14)16-12(17)7-4-5-8(15)6-7/h1-5,7-8H,6,15H2,(H,16,17). The summed E-state index contributed by atoms with van der Waals surface area (Å²) in [4.78, 5) is 11.8. The fourth-order valence-corrected chi connectivity index (χ4v) is 1.92. The molecule has 0 heterocycles. The summed E-state index contributed by atoms with van der Waals surface area (Å²) in [5.74, 6) is -1.19. The number of nitrogens with one attached hydrogen (secondary N) is 1. The van der Waals surface area contributed by atoms with Gasteiger partial charge in [0, 0.05) is 6.04 Å². The maximum Gasteiger partial charge on any atom is 0.231 e. The van der Waals surface area contributed by atoms with Crippen molar-refractivity contribution in [2.75, 3.05) is 5.32 Å². The van der Waals surface area contributed by atoms with Gasteiger partial charge in [-0.3, -0.25) is 4.79 Å². The molecule has 17 heavy (non-hydrogen) atoms. The van der Waals surface area contributed by atoms with E-state index in [0.29, 0.717) is 6.42 Å². The molecule has 0 saturated carbocycles. The van der Waals surface area contributed by atoms with E-state index < -0.39 is 5.82 Å². The van der Waals surface area contributed by atoms with E-state index in [0.717, 1.165) is 0 Å². The topological polar surface area (TPSA) is 55.1 Å². The number of nitrogens with two attached hydrogens (primary N) is 1. The Labute approximate surface area is 103 Å². The molecule has 1 amide bonds. The summed E-state index contributed by atoms with van der Waals surface area (Å²) in [5.41, 5.74) is 5.74. The van der Waals surface area contributed by atoms with Crippen LogP contribution in [0.5, 0.6) is 0 Å². The Hall–Kier alpha value is -1.39. The molecule has 0 aromatic heterocycles. The number of hydrogen-bond acceptors (Lipinski definition) is 2. The van der Waals surface area contributed by atoms with E-state index in [9.17, 15) is 9.18 Å². The average molecular weight is 255 g/mol. The normalized spacial score (nSPS) is 22.8. The molecule has 2 rings (SSSR count). The number of carbonyl (C=O) groups excluding carboxylic acids is 1. The van der Waals surface area contributed by atoms with E-state index in [1.807, 2.05) is 0 Å². The van der Waals surface area contributed by atoms with Gasteiger partial charge >= 0.3 is 0 Å². The minimum Gasteiger partial charge on any atom is -0.324 e. The highest BCUT2D eigenvalue weighted by atomic mass is 35.5. The zero-order valence-corrected chi connectivity index (χ0v) is 9.75. The van der Waals surface area contributed by atoms with Gasteiger partial charge in [0.25, 0.3) is 0 Å². The van der Waals surface area contributed by atoms with Gasteiger partial charge < -0.3 is 11.1 Å². The van der Waals surface area contributed by atoms with E-state index in [4.69, 9.17) is 17.3 Å². The van der Waals surface area contributed by atoms with Gasteiger partial charge in [0.2, 0.25) is 5.91 Å². The predicted molar refractivity (Wildman–Crippen MR) is 65.3 cm³/mol. The van der Waals surface area contributed by atoms with Gasteiger partial charge in [-0.05, 0) is 18.6 Å². The highest BCUT2D eigenvalue weighted by molar-refractivity contribution is 6.31. The average Bonchev–Trinajstić information content (AvgIpc) is 2.72. The summed E-state index contributed by atoms with van der Waals surface area (Å²) in [6, 6.07) is 4.38. The SMILES string of the molecule is NC1C=CC(C(=O)Nc2cccc(Cl)c2F)C1. The molecule has 3 N–H and O–H groups in total. The zero-order valence-electron chi connectivity index (χ0n) is 8.99. The van der Waals surface area contributed by atoms with E-state index in [2.05, 4.69) is 5.32 Å². The van der Waals surface area contributed by atoms with Gasteiger partial charge in [0.15, 0.2) is 5.82 Å². The van der Waals surface area contributed by atoms with Crippen LogP contribution in [-0.4, -0.2) is 11.9 Å². The van der Waals surface area contributed by atoms with Crippen molar-refractivity contribution in [1.82, 2.24) is 0 Å². The zero-order chi connectivity index (χ0) is 12.4. The number of halogens is 2. The third-order valence-electron chi connectivity index (χ3n) is 2.66. The highest BCUT2D eigenvalue weighted by Crippen LogP contribution is 2.24. The number of anilines is 1. The van der Waals surface area contributed by atoms with Gasteiger partial charge in [-0.15, -0.1) is 0 Å². The van der Waals surface area contributed by atoms with Gasteiger partial charge in [-0.2, -0.15) is 0 Å². The molecule has 0 spiro atoms. The Kier molecular flexibility index (Phi) is 3.45. The molecule has 2 atom stereocenters. The Morgan fingerprint density at radius 1 is 1.47 bits per heavy atom. The molecular formula is C12H12ClFN2O. The van der Waals surface area contributed by atoms with Crippen LogP contribution in [0.3, 0.4) is 0 Å². The van der Waals surface area contributed by atoms with Gasteiger partial charge in [0.05, 0.1) is 16.6 Å². The van der Waals surface area contributed by atoms with Crippen LogP contribution in [0.15, 0.2) is 30.4 Å². The first-order valence-electron chi connectivity index (χ1n) is 5.26. The van der Waals surface area contributed by atoms with Crippen molar-refractivity contribution >= 4 is 23.2 Å². The predicted octanol–water partition coefficient (Wildman–Crippen LogP) is 2.32. The maximum atomic E-state index is 13.5. The molecular weight excluding hydrogens is 243 g/mol. The van der Waals surface area contributed by atoms with Gasteiger partial charge in [-0.25, -0.2) is 4.39 Å². The molecule has 0 radical (unpaired) electrons. The summed E-state index contributed by atoms with van der Waals surface area (Å²) in [6.45, 7) is 0. The second kappa shape index (κ2) is 4.85. The minimum absolute atomic E-state index is 0.0125. The molecule has 0 fully saturated rings. The summed E-state index contributed by atoms with van der Waals surface area (Å²) < 4.78 is 13.5. The Bertz CT molecular complexity index is 476. The number of hydrogen-bond donors (Lipinski definition) is 2. The molecule has 0 aliphatic heterocycles. The summed E-state index contributed by atoms with van der Waals surface area (Å²) >= 11 is 5.62. The number of carbonyl (C=O) groups is 1. The van der Waals surface area contributed by atoms with Crippen LogP contribution in [0.1, 0.15) is 6.42 Å². The smallest absolute Gasteiger partial charge is 0.231 e. The van der Waals surface area contributed by atoms with Crippen molar-refractivity contribution in [2.45, 2.75) is 12.5 Å². The van der Waals surface area contributed by atoms with Crippen LogP contribution in [-0.2, 0) is 4.79 Å².